The van der Waals surface area contributed by atoms with E-state index in [1.54, 1.807) is 34.9 Å². The molecule has 1 aliphatic rings. The fourth-order valence-corrected chi connectivity index (χ4v) is 3.34. The Morgan fingerprint density at radius 1 is 1.29 bits per heavy atom. The van der Waals surface area contributed by atoms with Gasteiger partial charge in [-0.3, -0.25) is 19.9 Å². The van der Waals surface area contributed by atoms with Crippen LogP contribution in [0.3, 0.4) is 0 Å². The molecule has 1 aromatic carbocycles. The van der Waals surface area contributed by atoms with Gasteiger partial charge < -0.3 is 14.5 Å². The van der Waals surface area contributed by atoms with Gasteiger partial charge in [0.2, 0.25) is 5.91 Å². The molecule has 3 heterocycles. The number of nitrogens with one attached hydrogen (secondary N) is 2. The SMILES string of the molecule is CC(=O)NC[C@H]1CN(c2ccc(-c3ccc4nc(C(=O)NN)cn4c3)c(F)c2)C(=O)O1. The van der Waals surface area contributed by atoms with Crippen molar-refractivity contribution < 1.29 is 23.5 Å². The molecular formula is C20H19FN6O4. The number of nitrogens with two attached hydrogens (primary N) is 1. The topological polar surface area (TPSA) is 131 Å². The van der Waals surface area contributed by atoms with E-state index in [9.17, 15) is 18.8 Å². The highest BCUT2D eigenvalue weighted by molar-refractivity contribution is 5.92. The minimum Gasteiger partial charge on any atom is -0.442 e. The smallest absolute Gasteiger partial charge is 0.414 e. The Labute approximate surface area is 175 Å². The summed E-state index contributed by atoms with van der Waals surface area (Å²) in [7, 11) is 0. The van der Waals surface area contributed by atoms with Gasteiger partial charge in [-0.15, -0.1) is 0 Å². The molecule has 3 amide bonds. The lowest BCUT2D eigenvalue weighted by Crippen LogP contribution is -2.33. The quantitative estimate of drug-likeness (QED) is 0.319. The van der Waals surface area contributed by atoms with E-state index in [0.717, 1.165) is 0 Å². The van der Waals surface area contributed by atoms with Crippen LogP contribution in [0.2, 0.25) is 0 Å². The molecule has 160 valence electrons. The maximum absolute atomic E-state index is 14.9. The summed E-state index contributed by atoms with van der Waals surface area (Å²) in [6, 6.07) is 7.76. The maximum atomic E-state index is 14.9. The van der Waals surface area contributed by atoms with Crippen LogP contribution in [0.4, 0.5) is 14.9 Å². The number of pyridine rings is 1. The zero-order chi connectivity index (χ0) is 22.1. The Hall–Kier alpha value is -3.99. The number of amides is 3. The molecule has 4 rings (SSSR count). The van der Waals surface area contributed by atoms with E-state index in [-0.39, 0.29) is 24.7 Å². The highest BCUT2D eigenvalue weighted by Gasteiger charge is 2.32. The Bertz CT molecular complexity index is 1190. The number of hydrogen-bond donors (Lipinski definition) is 3. The van der Waals surface area contributed by atoms with E-state index in [1.165, 1.54) is 24.1 Å². The zero-order valence-corrected chi connectivity index (χ0v) is 16.5. The van der Waals surface area contributed by atoms with Crippen LogP contribution in [-0.2, 0) is 9.53 Å². The third-order valence-corrected chi connectivity index (χ3v) is 4.84. The Morgan fingerprint density at radius 3 is 2.81 bits per heavy atom. The van der Waals surface area contributed by atoms with Gasteiger partial charge in [-0.25, -0.2) is 20.0 Å². The highest BCUT2D eigenvalue weighted by Crippen LogP contribution is 2.29. The van der Waals surface area contributed by atoms with Crippen molar-refractivity contribution in [1.82, 2.24) is 20.1 Å². The van der Waals surface area contributed by atoms with E-state index in [0.29, 0.717) is 22.5 Å². The van der Waals surface area contributed by atoms with Gasteiger partial charge in [0.25, 0.3) is 5.91 Å². The van der Waals surface area contributed by atoms with Crippen molar-refractivity contribution in [3.05, 3.63) is 54.2 Å². The number of carbonyl (C=O) groups is 3. The number of carbonyl (C=O) groups excluding carboxylic acids is 3. The number of rotatable bonds is 5. The van der Waals surface area contributed by atoms with Crippen molar-refractivity contribution in [3.63, 3.8) is 0 Å². The Kier molecular flexibility index (Phi) is 5.26. The number of aromatic nitrogens is 2. The molecule has 11 heteroatoms. The van der Waals surface area contributed by atoms with E-state index in [1.807, 2.05) is 5.43 Å². The lowest BCUT2D eigenvalue weighted by atomic mass is 10.1. The molecular weight excluding hydrogens is 407 g/mol. The zero-order valence-electron chi connectivity index (χ0n) is 16.5. The summed E-state index contributed by atoms with van der Waals surface area (Å²) in [5.41, 5.74) is 3.87. The summed E-state index contributed by atoms with van der Waals surface area (Å²) in [6.07, 6.45) is 2.01. The number of fused-ring (bicyclic) bond motifs is 1. The summed E-state index contributed by atoms with van der Waals surface area (Å²) in [6.45, 7) is 1.76. The minimum atomic E-state index is -0.604. The molecule has 0 saturated carbocycles. The van der Waals surface area contributed by atoms with Crippen LogP contribution in [0.1, 0.15) is 17.4 Å². The minimum absolute atomic E-state index is 0.136. The van der Waals surface area contributed by atoms with Gasteiger partial charge in [0.05, 0.1) is 18.8 Å². The predicted octanol–water partition coefficient (Wildman–Crippen LogP) is 1.21. The summed E-state index contributed by atoms with van der Waals surface area (Å²) in [5, 5.41) is 2.59. The summed E-state index contributed by atoms with van der Waals surface area (Å²) in [4.78, 5) is 40.3. The van der Waals surface area contributed by atoms with Crippen LogP contribution in [0.25, 0.3) is 16.8 Å². The molecule has 2 aromatic heterocycles. The number of ether oxygens (including phenoxy) is 1. The number of hydrogen-bond acceptors (Lipinski definition) is 6. The van der Waals surface area contributed by atoms with Gasteiger partial charge in [-0.2, -0.15) is 0 Å². The van der Waals surface area contributed by atoms with E-state index in [4.69, 9.17) is 10.6 Å². The number of anilines is 1. The molecule has 0 unspecified atom stereocenters. The monoisotopic (exact) mass is 426 g/mol. The van der Waals surface area contributed by atoms with Crippen LogP contribution in [-0.4, -0.2) is 46.5 Å². The second-order valence-corrected chi connectivity index (χ2v) is 7.00. The van der Waals surface area contributed by atoms with Crippen LogP contribution in [0.15, 0.2) is 42.7 Å². The second kappa shape index (κ2) is 8.03. The van der Waals surface area contributed by atoms with Gasteiger partial charge >= 0.3 is 6.09 Å². The van der Waals surface area contributed by atoms with Crippen LogP contribution < -0.4 is 21.5 Å². The molecule has 3 aromatic rings. The molecule has 10 nitrogen and oxygen atoms in total. The Morgan fingerprint density at radius 2 is 2.10 bits per heavy atom. The number of nitrogen functional groups attached to an aromatic ring is 1. The molecule has 0 aliphatic carbocycles. The molecule has 0 radical (unpaired) electrons. The number of nitrogens with zero attached hydrogens (tertiary/aromatic N) is 3. The third kappa shape index (κ3) is 4.03. The lowest BCUT2D eigenvalue weighted by molar-refractivity contribution is -0.119. The fourth-order valence-electron chi connectivity index (χ4n) is 3.34. The standard InChI is InChI=1S/C20H19FN6O4/c1-11(28)23-7-14-9-27(20(30)31-14)13-3-4-15(16(21)6-13)12-2-5-18-24-17(19(29)25-22)10-26(18)8-12/h2-6,8,10,14H,7,9,22H2,1H3,(H,23,28)(H,25,29)/t14-/m0/s1. The average molecular weight is 426 g/mol. The molecule has 31 heavy (non-hydrogen) atoms. The van der Waals surface area contributed by atoms with E-state index >= 15 is 0 Å². The molecule has 0 spiro atoms. The lowest BCUT2D eigenvalue weighted by Gasteiger charge is -2.14. The van der Waals surface area contributed by atoms with Crippen molar-refractivity contribution in [2.45, 2.75) is 13.0 Å². The third-order valence-electron chi connectivity index (χ3n) is 4.84. The van der Waals surface area contributed by atoms with Gasteiger partial charge in [-0.05, 0) is 30.3 Å². The molecule has 1 saturated heterocycles. The average Bonchev–Trinajstić information content (AvgIpc) is 3.34. The molecule has 0 bridgehead atoms. The summed E-state index contributed by atoms with van der Waals surface area (Å²) in [5.74, 6) is 3.84. The Balaban J connectivity index is 1.57. The van der Waals surface area contributed by atoms with Gasteiger partial charge in [0.15, 0.2) is 0 Å². The van der Waals surface area contributed by atoms with Crippen molar-refractivity contribution in [3.8, 4) is 11.1 Å². The first-order chi connectivity index (χ1) is 14.9. The van der Waals surface area contributed by atoms with Crippen LogP contribution >= 0.6 is 0 Å². The largest absolute Gasteiger partial charge is 0.442 e. The number of hydrazine groups is 1. The van der Waals surface area contributed by atoms with Crippen molar-refractivity contribution in [1.29, 1.82) is 0 Å². The second-order valence-electron chi connectivity index (χ2n) is 7.00. The normalized spacial score (nSPS) is 15.8. The van der Waals surface area contributed by atoms with Gasteiger partial charge in [0.1, 0.15) is 23.3 Å². The fraction of sp³-hybridized carbons (Fsp3) is 0.200. The first-order valence-corrected chi connectivity index (χ1v) is 9.38. The summed E-state index contributed by atoms with van der Waals surface area (Å²) >= 11 is 0. The van der Waals surface area contributed by atoms with Crippen LogP contribution in [0, 0.1) is 5.82 Å². The number of halogens is 1. The maximum Gasteiger partial charge on any atom is 0.414 e. The molecule has 1 atom stereocenters. The van der Waals surface area contributed by atoms with E-state index in [2.05, 4.69) is 10.3 Å². The predicted molar refractivity (Wildman–Crippen MR) is 109 cm³/mol. The molecule has 4 N–H and O–H groups in total. The first-order valence-electron chi connectivity index (χ1n) is 9.38. The summed E-state index contributed by atoms with van der Waals surface area (Å²) < 4.78 is 21.7. The van der Waals surface area contributed by atoms with Crippen molar-refractivity contribution in [2.24, 2.45) is 5.84 Å². The number of benzene rings is 1. The van der Waals surface area contributed by atoms with Gasteiger partial charge in [-0.1, -0.05) is 0 Å². The van der Waals surface area contributed by atoms with Crippen molar-refractivity contribution in [2.75, 3.05) is 18.0 Å². The van der Waals surface area contributed by atoms with Crippen LogP contribution in [0.5, 0.6) is 0 Å². The molecule has 1 aliphatic heterocycles. The first kappa shape index (κ1) is 20.3. The van der Waals surface area contributed by atoms with Gasteiger partial charge in [0, 0.05) is 30.4 Å². The van der Waals surface area contributed by atoms with Crippen molar-refractivity contribution >= 4 is 29.2 Å². The number of cyclic esters (lactones) is 1. The highest BCUT2D eigenvalue weighted by atomic mass is 19.1. The van der Waals surface area contributed by atoms with E-state index < -0.39 is 23.9 Å². The molecule has 1 fully saturated rings. The number of imidazole rings is 1.